The minimum atomic E-state index is -0.250. The van der Waals surface area contributed by atoms with Crippen LogP contribution < -0.4 is 10.1 Å². The fourth-order valence-corrected chi connectivity index (χ4v) is 3.46. The van der Waals surface area contributed by atoms with Crippen LogP contribution in [0.15, 0.2) is 42.5 Å². The molecule has 138 valence electrons. The molecule has 1 unspecified atom stereocenters. The van der Waals surface area contributed by atoms with E-state index in [9.17, 15) is 9.90 Å². The number of hydrogen-bond acceptors (Lipinski definition) is 4. The van der Waals surface area contributed by atoms with Gasteiger partial charge in [-0.25, -0.2) is 0 Å². The molecule has 0 bridgehead atoms. The van der Waals surface area contributed by atoms with Gasteiger partial charge in [0.1, 0.15) is 11.5 Å². The number of likely N-dealkylation sites (tertiary alicyclic amines) is 1. The topological polar surface area (TPSA) is 61.8 Å². The lowest BCUT2D eigenvalue weighted by Crippen LogP contribution is -2.36. The highest BCUT2D eigenvalue weighted by molar-refractivity contribution is 5.96. The second-order valence-electron chi connectivity index (χ2n) is 6.76. The lowest BCUT2D eigenvalue weighted by Gasteiger charge is -2.28. The maximum absolute atomic E-state index is 12.5. The molecule has 1 saturated heterocycles. The molecule has 2 N–H and O–H groups in total. The van der Waals surface area contributed by atoms with E-state index in [2.05, 4.69) is 22.3 Å². The number of rotatable bonds is 6. The smallest absolute Gasteiger partial charge is 0.255 e. The molecule has 1 aliphatic heterocycles. The summed E-state index contributed by atoms with van der Waals surface area (Å²) in [5.41, 5.74) is 2.39. The number of aryl methyl sites for hydroxylation is 1. The first-order valence-electron chi connectivity index (χ1n) is 9.04. The van der Waals surface area contributed by atoms with Crippen molar-refractivity contribution in [1.29, 1.82) is 0 Å². The maximum atomic E-state index is 12.5. The van der Waals surface area contributed by atoms with Gasteiger partial charge in [0.05, 0.1) is 18.7 Å². The molecule has 3 rings (SSSR count). The van der Waals surface area contributed by atoms with Crippen LogP contribution in [0.4, 0.5) is 0 Å². The molecule has 2 aromatic carbocycles. The predicted octanol–water partition coefficient (Wildman–Crippen LogP) is 3.28. The molecule has 26 heavy (non-hydrogen) atoms. The molecule has 1 atom stereocenters. The molecule has 0 saturated carbocycles. The fourth-order valence-electron chi connectivity index (χ4n) is 3.46. The van der Waals surface area contributed by atoms with E-state index in [-0.39, 0.29) is 17.7 Å². The highest BCUT2D eigenvalue weighted by Crippen LogP contribution is 2.26. The van der Waals surface area contributed by atoms with Gasteiger partial charge in [0, 0.05) is 6.54 Å². The second kappa shape index (κ2) is 8.23. The van der Waals surface area contributed by atoms with Crippen molar-refractivity contribution in [2.24, 2.45) is 0 Å². The number of aromatic hydroxyl groups is 1. The van der Waals surface area contributed by atoms with Gasteiger partial charge < -0.3 is 15.2 Å². The number of nitrogens with one attached hydrogen (secondary N) is 1. The summed E-state index contributed by atoms with van der Waals surface area (Å²) in [7, 11) is 1.65. The molecule has 0 radical (unpaired) electrons. The minimum Gasteiger partial charge on any atom is -0.507 e. The fraction of sp³-hybridized carbons (Fsp3) is 0.381. The Kier molecular flexibility index (Phi) is 5.78. The lowest BCUT2D eigenvalue weighted by molar-refractivity contribution is 0.0935. The number of nitrogens with zero attached hydrogens (tertiary/aromatic N) is 1. The first kappa shape index (κ1) is 18.3. The zero-order valence-electron chi connectivity index (χ0n) is 15.4. The Labute approximate surface area is 154 Å². The summed E-state index contributed by atoms with van der Waals surface area (Å²) in [6, 6.07) is 13.2. The number of carbonyl (C=O) groups excluding carboxylic acids is 1. The summed E-state index contributed by atoms with van der Waals surface area (Å²) in [6.07, 6.45) is 2.36. The Morgan fingerprint density at radius 3 is 2.50 bits per heavy atom. The molecule has 1 fully saturated rings. The van der Waals surface area contributed by atoms with Gasteiger partial charge in [-0.15, -0.1) is 0 Å². The zero-order valence-corrected chi connectivity index (χ0v) is 15.4. The third-order valence-electron chi connectivity index (χ3n) is 4.94. The second-order valence-corrected chi connectivity index (χ2v) is 6.76. The summed E-state index contributed by atoms with van der Waals surface area (Å²) >= 11 is 0. The Morgan fingerprint density at radius 2 is 1.88 bits per heavy atom. The molecule has 1 amide bonds. The van der Waals surface area contributed by atoms with Gasteiger partial charge in [-0.05, 0) is 68.2 Å². The van der Waals surface area contributed by atoms with Gasteiger partial charge in [-0.3, -0.25) is 9.69 Å². The van der Waals surface area contributed by atoms with E-state index in [0.717, 1.165) is 30.0 Å². The van der Waals surface area contributed by atoms with E-state index in [1.165, 1.54) is 12.8 Å². The summed E-state index contributed by atoms with van der Waals surface area (Å²) < 4.78 is 5.24. The third kappa shape index (κ3) is 4.17. The van der Waals surface area contributed by atoms with E-state index >= 15 is 0 Å². The largest absolute Gasteiger partial charge is 0.507 e. The van der Waals surface area contributed by atoms with Crippen molar-refractivity contribution in [2.75, 3.05) is 26.7 Å². The van der Waals surface area contributed by atoms with Crippen LogP contribution >= 0.6 is 0 Å². The number of phenolic OH excluding ortho intramolecular Hbond substituents is 1. The van der Waals surface area contributed by atoms with E-state index in [1.54, 1.807) is 19.2 Å². The van der Waals surface area contributed by atoms with Gasteiger partial charge in [0.25, 0.3) is 5.91 Å². The minimum absolute atomic E-state index is 0.0182. The summed E-state index contributed by atoms with van der Waals surface area (Å²) in [5, 5.41) is 13.0. The molecular formula is C21H26N2O3. The Bertz CT molecular complexity index is 752. The molecule has 2 aromatic rings. The molecule has 0 aromatic heterocycles. The Balaban J connectivity index is 1.73. The van der Waals surface area contributed by atoms with Crippen molar-refractivity contribution in [3.63, 3.8) is 0 Å². The van der Waals surface area contributed by atoms with E-state index < -0.39 is 0 Å². The van der Waals surface area contributed by atoms with Crippen molar-refractivity contribution in [1.82, 2.24) is 10.2 Å². The van der Waals surface area contributed by atoms with Gasteiger partial charge in [0.2, 0.25) is 0 Å². The summed E-state index contributed by atoms with van der Waals surface area (Å²) in [5.74, 6) is 0.590. The van der Waals surface area contributed by atoms with Gasteiger partial charge in [-0.2, -0.15) is 0 Å². The average Bonchev–Trinajstić information content (AvgIpc) is 3.16. The number of benzene rings is 2. The standard InChI is InChI=1S/C21H26N2O3/c1-15-5-10-18(20(24)13-15)21(25)22-14-19(23-11-3-4-12-23)16-6-8-17(26-2)9-7-16/h5-10,13,19,24H,3-4,11-12,14H2,1-2H3,(H,22,25). The quantitative estimate of drug-likeness (QED) is 0.836. The monoisotopic (exact) mass is 354 g/mol. The predicted molar refractivity (Wildman–Crippen MR) is 102 cm³/mol. The van der Waals surface area contributed by atoms with E-state index in [1.807, 2.05) is 25.1 Å². The highest BCUT2D eigenvalue weighted by atomic mass is 16.5. The molecule has 1 heterocycles. The van der Waals surface area contributed by atoms with Crippen molar-refractivity contribution in [3.8, 4) is 11.5 Å². The summed E-state index contributed by atoms with van der Waals surface area (Å²) in [6.45, 7) is 4.44. The zero-order chi connectivity index (χ0) is 18.5. The van der Waals surface area contributed by atoms with Crippen LogP contribution in [-0.4, -0.2) is 42.7 Å². The molecule has 5 heteroatoms. The van der Waals surface area contributed by atoms with Crippen molar-refractivity contribution in [3.05, 3.63) is 59.2 Å². The van der Waals surface area contributed by atoms with Gasteiger partial charge >= 0.3 is 0 Å². The van der Waals surface area contributed by atoms with Crippen LogP contribution in [-0.2, 0) is 0 Å². The molecular weight excluding hydrogens is 328 g/mol. The summed E-state index contributed by atoms with van der Waals surface area (Å²) in [4.78, 5) is 14.9. The van der Waals surface area contributed by atoms with E-state index in [0.29, 0.717) is 12.1 Å². The van der Waals surface area contributed by atoms with Crippen LogP contribution in [0.1, 0.15) is 40.4 Å². The van der Waals surface area contributed by atoms with Crippen LogP contribution in [0.5, 0.6) is 11.5 Å². The van der Waals surface area contributed by atoms with Crippen molar-refractivity contribution < 1.29 is 14.6 Å². The third-order valence-corrected chi connectivity index (χ3v) is 4.94. The number of methoxy groups -OCH3 is 1. The number of carbonyl (C=O) groups is 1. The van der Waals surface area contributed by atoms with Crippen LogP contribution in [0.25, 0.3) is 0 Å². The average molecular weight is 354 g/mol. The van der Waals surface area contributed by atoms with E-state index in [4.69, 9.17) is 4.74 Å². The lowest BCUT2D eigenvalue weighted by atomic mass is 10.0. The first-order valence-corrected chi connectivity index (χ1v) is 9.04. The van der Waals surface area contributed by atoms with Crippen molar-refractivity contribution >= 4 is 5.91 Å². The number of ether oxygens (including phenoxy) is 1. The van der Waals surface area contributed by atoms with Crippen LogP contribution in [0.3, 0.4) is 0 Å². The molecule has 0 aliphatic carbocycles. The Morgan fingerprint density at radius 1 is 1.19 bits per heavy atom. The van der Waals surface area contributed by atoms with Crippen LogP contribution in [0, 0.1) is 6.92 Å². The normalized spacial score (nSPS) is 15.6. The highest BCUT2D eigenvalue weighted by Gasteiger charge is 2.24. The number of phenols is 1. The van der Waals surface area contributed by atoms with Crippen molar-refractivity contribution in [2.45, 2.75) is 25.8 Å². The number of amides is 1. The maximum Gasteiger partial charge on any atom is 0.255 e. The molecule has 1 aliphatic rings. The number of hydrogen-bond donors (Lipinski definition) is 2. The SMILES string of the molecule is COc1ccc(C(CNC(=O)c2ccc(C)cc2O)N2CCCC2)cc1. The molecule has 5 nitrogen and oxygen atoms in total. The molecule has 0 spiro atoms. The first-order chi connectivity index (χ1) is 12.6. The van der Waals surface area contributed by atoms with Gasteiger partial charge in [0.15, 0.2) is 0 Å². The Hall–Kier alpha value is -2.53. The van der Waals surface area contributed by atoms with Gasteiger partial charge in [-0.1, -0.05) is 18.2 Å². The van der Waals surface area contributed by atoms with Crippen LogP contribution in [0.2, 0.25) is 0 Å².